The molecular weight excluding hydrogens is 165 g/mol. The molecule has 0 bridgehead atoms. The van der Waals surface area contributed by atoms with E-state index in [-0.39, 0.29) is 11.7 Å². The molecule has 0 spiro atoms. The van der Waals surface area contributed by atoms with Crippen molar-refractivity contribution in [2.45, 2.75) is 26.2 Å². The number of hydrogen-bond acceptors (Lipinski definition) is 1. The van der Waals surface area contributed by atoms with Crippen molar-refractivity contribution < 1.29 is 4.39 Å². The van der Waals surface area contributed by atoms with Crippen LogP contribution in [0, 0.1) is 24.1 Å². The van der Waals surface area contributed by atoms with Gasteiger partial charge < -0.3 is 0 Å². The van der Waals surface area contributed by atoms with Crippen LogP contribution >= 0.6 is 0 Å². The van der Waals surface area contributed by atoms with E-state index < -0.39 is 0 Å². The van der Waals surface area contributed by atoms with Crippen LogP contribution in [-0.2, 0) is 0 Å². The van der Waals surface area contributed by atoms with Crippen molar-refractivity contribution in [3.63, 3.8) is 0 Å². The van der Waals surface area contributed by atoms with Crippen LogP contribution in [0.5, 0.6) is 0 Å². The Morgan fingerprint density at radius 2 is 2.15 bits per heavy atom. The smallest absolute Gasteiger partial charge is 0.123 e. The maximum atomic E-state index is 13.0. The molecule has 0 aliphatic heterocycles. The molecule has 1 nitrogen and oxygen atoms in total. The zero-order valence-corrected chi connectivity index (χ0v) is 7.84. The number of halogens is 1. The molecule has 0 radical (unpaired) electrons. The number of hydrogen-bond donors (Lipinski definition) is 0. The molecule has 0 aliphatic rings. The molecule has 1 aromatic rings. The number of benzene rings is 1. The minimum absolute atomic E-state index is 0.186. The molecule has 0 aliphatic carbocycles. The fourth-order valence-corrected chi connectivity index (χ4v) is 1.37. The summed E-state index contributed by atoms with van der Waals surface area (Å²) in [6.45, 7) is 3.75. The molecule has 0 aromatic heterocycles. The Morgan fingerprint density at radius 1 is 1.46 bits per heavy atom. The van der Waals surface area contributed by atoms with Gasteiger partial charge in [0.15, 0.2) is 0 Å². The van der Waals surface area contributed by atoms with Crippen molar-refractivity contribution in [3.05, 3.63) is 35.1 Å². The highest BCUT2D eigenvalue weighted by Crippen LogP contribution is 2.20. The lowest BCUT2D eigenvalue weighted by Crippen LogP contribution is -1.95. The van der Waals surface area contributed by atoms with Crippen molar-refractivity contribution in [2.75, 3.05) is 0 Å². The number of nitrogens with zero attached hydrogens (tertiary/aromatic N) is 1. The third-order valence-electron chi connectivity index (χ3n) is 2.03. The van der Waals surface area contributed by atoms with Gasteiger partial charge in [-0.05, 0) is 36.6 Å². The van der Waals surface area contributed by atoms with E-state index in [1.807, 2.05) is 19.9 Å². The van der Waals surface area contributed by atoms with Gasteiger partial charge in [0.2, 0.25) is 0 Å². The Balaban J connectivity index is 3.08. The maximum Gasteiger partial charge on any atom is 0.123 e. The largest absolute Gasteiger partial charge is 0.207 e. The summed E-state index contributed by atoms with van der Waals surface area (Å²) in [5, 5.41) is 8.79. The van der Waals surface area contributed by atoms with Crippen LogP contribution < -0.4 is 0 Å². The highest BCUT2D eigenvalue weighted by atomic mass is 19.1. The lowest BCUT2D eigenvalue weighted by Gasteiger charge is -2.07. The molecule has 1 unspecified atom stereocenters. The zero-order valence-electron chi connectivity index (χ0n) is 7.84. The van der Waals surface area contributed by atoms with Crippen molar-refractivity contribution in [1.29, 1.82) is 5.26 Å². The molecule has 68 valence electrons. The normalized spacial score (nSPS) is 12.2. The summed E-state index contributed by atoms with van der Waals surface area (Å²) in [5.74, 6) is -0.446. The van der Waals surface area contributed by atoms with Gasteiger partial charge in [0.1, 0.15) is 5.82 Å². The molecule has 1 rings (SSSR count). The number of aryl methyl sites for hydroxylation is 1. The number of nitriles is 1. The lowest BCUT2D eigenvalue weighted by atomic mass is 9.96. The molecule has 1 aromatic carbocycles. The summed E-state index contributed by atoms with van der Waals surface area (Å²) >= 11 is 0. The predicted molar refractivity (Wildman–Crippen MR) is 49.8 cm³/mol. The molecule has 0 saturated carbocycles. The average Bonchev–Trinajstić information content (AvgIpc) is 2.04. The molecule has 1 atom stereocenters. The van der Waals surface area contributed by atoms with Crippen LogP contribution in [-0.4, -0.2) is 0 Å². The van der Waals surface area contributed by atoms with Crippen LogP contribution in [0.4, 0.5) is 4.39 Å². The SMILES string of the molecule is CCC(C#N)c1cc(C)cc(F)c1. The van der Waals surface area contributed by atoms with E-state index in [4.69, 9.17) is 5.26 Å². The van der Waals surface area contributed by atoms with E-state index >= 15 is 0 Å². The van der Waals surface area contributed by atoms with Crippen molar-refractivity contribution in [1.82, 2.24) is 0 Å². The monoisotopic (exact) mass is 177 g/mol. The Labute approximate surface area is 77.8 Å². The Hall–Kier alpha value is -1.36. The van der Waals surface area contributed by atoms with Crippen molar-refractivity contribution >= 4 is 0 Å². The Kier molecular flexibility index (Phi) is 3.02. The van der Waals surface area contributed by atoms with E-state index in [9.17, 15) is 4.39 Å². The van der Waals surface area contributed by atoms with E-state index in [1.54, 1.807) is 0 Å². The summed E-state index contributed by atoms with van der Waals surface area (Å²) in [7, 11) is 0. The third kappa shape index (κ3) is 2.29. The summed E-state index contributed by atoms with van der Waals surface area (Å²) in [6, 6.07) is 6.92. The quantitative estimate of drug-likeness (QED) is 0.680. The van der Waals surface area contributed by atoms with Gasteiger partial charge in [-0.2, -0.15) is 5.26 Å². The van der Waals surface area contributed by atoms with Gasteiger partial charge in [0.05, 0.1) is 12.0 Å². The standard InChI is InChI=1S/C11H12FN/c1-3-9(7-13)10-4-8(2)5-11(12)6-10/h4-6,9H,3H2,1-2H3. The lowest BCUT2D eigenvalue weighted by molar-refractivity contribution is 0.622. The van der Waals surface area contributed by atoms with Crippen LogP contribution in [0.1, 0.15) is 30.4 Å². The summed E-state index contributed by atoms with van der Waals surface area (Å²) in [6.07, 6.45) is 0.722. The molecular formula is C11H12FN. The average molecular weight is 177 g/mol. The van der Waals surface area contributed by atoms with E-state index in [2.05, 4.69) is 6.07 Å². The Bertz CT molecular complexity index is 318. The van der Waals surface area contributed by atoms with Crippen LogP contribution in [0.2, 0.25) is 0 Å². The molecule has 0 heterocycles. The van der Waals surface area contributed by atoms with Gasteiger partial charge in [0, 0.05) is 0 Å². The number of rotatable bonds is 2. The second-order valence-corrected chi connectivity index (χ2v) is 3.15. The van der Waals surface area contributed by atoms with Gasteiger partial charge in [-0.3, -0.25) is 0 Å². The van der Waals surface area contributed by atoms with Crippen molar-refractivity contribution in [3.8, 4) is 6.07 Å². The molecule has 0 amide bonds. The van der Waals surface area contributed by atoms with Gasteiger partial charge in [-0.1, -0.05) is 13.0 Å². The first-order valence-corrected chi connectivity index (χ1v) is 4.34. The fraction of sp³-hybridized carbons (Fsp3) is 0.364. The zero-order chi connectivity index (χ0) is 9.84. The third-order valence-corrected chi connectivity index (χ3v) is 2.03. The van der Waals surface area contributed by atoms with E-state index in [0.29, 0.717) is 0 Å². The van der Waals surface area contributed by atoms with Crippen molar-refractivity contribution in [2.24, 2.45) is 0 Å². The minimum Gasteiger partial charge on any atom is -0.207 e. The Morgan fingerprint density at radius 3 is 2.62 bits per heavy atom. The first-order valence-electron chi connectivity index (χ1n) is 4.34. The van der Waals surface area contributed by atoms with Gasteiger partial charge in [0.25, 0.3) is 0 Å². The van der Waals surface area contributed by atoms with Gasteiger partial charge in [-0.25, -0.2) is 4.39 Å². The molecule has 2 heteroatoms. The van der Waals surface area contributed by atoms with Crippen LogP contribution in [0.3, 0.4) is 0 Å². The highest BCUT2D eigenvalue weighted by Gasteiger charge is 2.08. The summed E-state index contributed by atoms with van der Waals surface area (Å²) in [5.41, 5.74) is 1.64. The summed E-state index contributed by atoms with van der Waals surface area (Å²) in [4.78, 5) is 0. The topological polar surface area (TPSA) is 23.8 Å². The first-order chi connectivity index (χ1) is 6.17. The van der Waals surface area contributed by atoms with Gasteiger partial charge >= 0.3 is 0 Å². The molecule has 0 N–H and O–H groups in total. The first kappa shape index (κ1) is 9.73. The molecule has 13 heavy (non-hydrogen) atoms. The second-order valence-electron chi connectivity index (χ2n) is 3.15. The minimum atomic E-state index is -0.260. The fourth-order valence-electron chi connectivity index (χ4n) is 1.37. The molecule has 0 fully saturated rings. The highest BCUT2D eigenvalue weighted by molar-refractivity contribution is 5.29. The second kappa shape index (κ2) is 4.04. The van der Waals surface area contributed by atoms with E-state index in [1.165, 1.54) is 12.1 Å². The van der Waals surface area contributed by atoms with Gasteiger partial charge in [-0.15, -0.1) is 0 Å². The predicted octanol–water partition coefficient (Wildman–Crippen LogP) is 3.15. The summed E-state index contributed by atoms with van der Waals surface area (Å²) < 4.78 is 13.0. The maximum absolute atomic E-state index is 13.0. The van der Waals surface area contributed by atoms with E-state index in [0.717, 1.165) is 17.5 Å². The van der Waals surface area contributed by atoms with Crippen LogP contribution in [0.25, 0.3) is 0 Å². The molecule has 0 saturated heterocycles. The van der Waals surface area contributed by atoms with Crippen LogP contribution in [0.15, 0.2) is 18.2 Å².